The lowest BCUT2D eigenvalue weighted by Crippen LogP contribution is -2.03. The maximum Gasteiger partial charge on any atom is 0.411 e. The summed E-state index contributed by atoms with van der Waals surface area (Å²) in [4.78, 5) is 35.0. The second-order valence-electron chi connectivity index (χ2n) is 1.35. The van der Waals surface area contributed by atoms with Crippen molar-refractivity contribution in [2.45, 2.75) is 6.92 Å². The maximum absolute atomic E-state index is 10.2. The van der Waals surface area contributed by atoms with Gasteiger partial charge in [0, 0.05) is 0 Å². The van der Waals surface area contributed by atoms with Gasteiger partial charge >= 0.3 is 7.94 Å². The molecule has 0 fully saturated rings. The molecule has 8 heavy (non-hydrogen) atoms. The third-order valence-corrected chi connectivity index (χ3v) is 1.07. The Hall–Kier alpha value is -0.0200. The molecule has 48 valence electrons. The number of rotatable bonds is 2. The van der Waals surface area contributed by atoms with E-state index in [-0.39, 0.29) is 0 Å². The van der Waals surface area contributed by atoms with E-state index in [1.165, 1.54) is 0 Å². The molecule has 0 aromatic rings. The highest BCUT2D eigenvalue weighted by atomic mass is 31.2. The van der Waals surface area contributed by atoms with Crippen molar-refractivity contribution in [3.63, 3.8) is 0 Å². The summed E-state index contributed by atoms with van der Waals surface area (Å²) >= 11 is 0. The zero-order valence-corrected chi connectivity index (χ0v) is 5.17. The van der Waals surface area contributed by atoms with Crippen LogP contribution in [0.15, 0.2) is 0 Å². The smallest absolute Gasteiger partial charge is 0.296 e. The molecule has 0 aliphatic carbocycles. The normalized spacial score (nSPS) is 17.2. The SMILES string of the molecule is [2H]C(C(C)=O)[P+](O)(O)O. The Balaban J connectivity index is 4.04. The predicted octanol–water partition coefficient (Wildman–Crippen LogP) is -0.685. The van der Waals surface area contributed by atoms with Crippen molar-refractivity contribution in [2.24, 2.45) is 0 Å². The van der Waals surface area contributed by atoms with E-state index in [0.29, 0.717) is 0 Å². The van der Waals surface area contributed by atoms with E-state index in [2.05, 4.69) is 0 Å². The van der Waals surface area contributed by atoms with Crippen molar-refractivity contribution in [1.29, 1.82) is 0 Å². The van der Waals surface area contributed by atoms with Crippen molar-refractivity contribution in [1.82, 2.24) is 0 Å². The second-order valence-corrected chi connectivity index (χ2v) is 2.84. The Kier molecular flexibility index (Phi) is 1.91. The fourth-order valence-corrected chi connectivity index (χ4v) is 0.732. The largest absolute Gasteiger partial charge is 0.411 e. The molecule has 3 N–H and O–H groups in total. The molecule has 0 rings (SSSR count). The molecule has 0 bridgehead atoms. The Morgan fingerprint density at radius 3 is 2.12 bits per heavy atom. The summed E-state index contributed by atoms with van der Waals surface area (Å²) in [5.74, 6) is -0.754. The molecule has 0 aromatic carbocycles. The fourth-order valence-electron chi connectivity index (χ4n) is 0.244. The molecule has 1 atom stereocenters. The molecule has 0 saturated carbocycles. The van der Waals surface area contributed by atoms with Crippen LogP contribution in [0.3, 0.4) is 0 Å². The minimum atomic E-state index is -4.25. The summed E-state index contributed by atoms with van der Waals surface area (Å²) in [6.45, 7) is 1.01. The maximum atomic E-state index is 10.2. The Morgan fingerprint density at radius 1 is 1.75 bits per heavy atom. The molecule has 4 nitrogen and oxygen atoms in total. The average molecular weight is 140 g/mol. The number of hydrogen-bond acceptors (Lipinski definition) is 4. The van der Waals surface area contributed by atoms with Gasteiger partial charge in [-0.3, -0.25) is 4.79 Å². The van der Waals surface area contributed by atoms with Crippen LogP contribution in [0, 0.1) is 0 Å². The van der Waals surface area contributed by atoms with Gasteiger partial charge in [-0.2, -0.15) is 14.7 Å². The van der Waals surface area contributed by atoms with Crippen LogP contribution in [0.5, 0.6) is 0 Å². The van der Waals surface area contributed by atoms with Crippen LogP contribution in [0.4, 0.5) is 0 Å². The minimum absolute atomic E-state index is 0.754. The number of Topliss-reactive ketones (excluding diaryl/α,β-unsaturated/α-hetero) is 1. The average Bonchev–Trinajstić information content (AvgIpc) is 1.62. The predicted molar refractivity (Wildman–Crippen MR) is 29.1 cm³/mol. The summed E-state index contributed by atoms with van der Waals surface area (Å²) in [5.41, 5.74) is 0. The molecule has 0 aromatic heterocycles. The standard InChI is InChI=1S/C3H8O4P/c1-3(4)2-8(5,6)7/h5-7H,2H2,1H3/q+1/i2D. The molecule has 1 unspecified atom stereocenters. The molecular weight excluding hydrogens is 131 g/mol. The third-order valence-electron chi connectivity index (χ3n) is 0.355. The highest BCUT2D eigenvalue weighted by Crippen LogP contribution is 2.43. The quantitative estimate of drug-likeness (QED) is 0.444. The number of ketones is 1. The summed E-state index contributed by atoms with van der Waals surface area (Å²) in [6.07, 6.45) is -1.79. The van der Waals surface area contributed by atoms with Gasteiger partial charge in [0.1, 0.15) is 0 Å². The van der Waals surface area contributed by atoms with Gasteiger partial charge < -0.3 is 0 Å². The highest BCUT2D eigenvalue weighted by Gasteiger charge is 2.31. The first-order valence-corrected chi connectivity index (χ1v) is 3.57. The van der Waals surface area contributed by atoms with Gasteiger partial charge in [0.2, 0.25) is 0 Å². The molecule has 0 saturated heterocycles. The molecule has 0 amide bonds. The molecule has 0 heterocycles. The lowest BCUT2D eigenvalue weighted by Gasteiger charge is -1.97. The number of carbonyl (C=O) groups excluding carboxylic acids is 1. The van der Waals surface area contributed by atoms with E-state index in [0.717, 1.165) is 6.92 Å². The first kappa shape index (κ1) is 6.11. The van der Waals surface area contributed by atoms with Crippen LogP contribution < -0.4 is 0 Å². The van der Waals surface area contributed by atoms with Gasteiger partial charge in [0.05, 0.1) is 1.37 Å². The highest BCUT2D eigenvalue weighted by molar-refractivity contribution is 7.59. The van der Waals surface area contributed by atoms with Crippen LogP contribution in [-0.4, -0.2) is 26.6 Å². The van der Waals surface area contributed by atoms with Gasteiger partial charge in [-0.25, -0.2) is 0 Å². The zero-order valence-electron chi connectivity index (χ0n) is 5.27. The van der Waals surface area contributed by atoms with Gasteiger partial charge in [0.15, 0.2) is 11.9 Å². The number of hydrogen-bond donors (Lipinski definition) is 3. The van der Waals surface area contributed by atoms with E-state index in [1.807, 2.05) is 0 Å². The Morgan fingerprint density at radius 2 is 2.12 bits per heavy atom. The molecule has 0 spiro atoms. The van der Waals surface area contributed by atoms with E-state index in [9.17, 15) is 4.79 Å². The summed E-state index contributed by atoms with van der Waals surface area (Å²) < 4.78 is 6.63. The first-order chi connectivity index (χ1) is 3.85. The van der Waals surface area contributed by atoms with E-state index in [1.54, 1.807) is 0 Å². The summed E-state index contributed by atoms with van der Waals surface area (Å²) in [6, 6.07) is 0. The lowest BCUT2D eigenvalue weighted by atomic mass is 10.5. The first-order valence-electron chi connectivity index (χ1n) is 2.43. The van der Waals surface area contributed by atoms with Crippen LogP contribution in [0.25, 0.3) is 0 Å². The van der Waals surface area contributed by atoms with Crippen LogP contribution in [0.1, 0.15) is 8.29 Å². The Labute approximate surface area is 48.8 Å². The topological polar surface area (TPSA) is 77.8 Å². The van der Waals surface area contributed by atoms with Crippen molar-refractivity contribution in [3.8, 4) is 0 Å². The van der Waals surface area contributed by atoms with E-state index >= 15 is 0 Å². The molecule has 0 aliphatic rings. The summed E-state index contributed by atoms with van der Waals surface area (Å²) in [5, 5.41) is 0. The van der Waals surface area contributed by atoms with Crippen molar-refractivity contribution in [2.75, 3.05) is 6.14 Å². The number of carbonyl (C=O) groups is 1. The van der Waals surface area contributed by atoms with E-state index < -0.39 is 19.9 Å². The summed E-state index contributed by atoms with van der Waals surface area (Å²) in [7, 11) is -4.25. The zero-order chi connectivity index (χ0) is 7.65. The van der Waals surface area contributed by atoms with Crippen molar-refractivity contribution < 1.29 is 20.8 Å². The second kappa shape index (κ2) is 2.51. The van der Waals surface area contributed by atoms with Crippen molar-refractivity contribution in [3.05, 3.63) is 0 Å². The van der Waals surface area contributed by atoms with Crippen LogP contribution in [0.2, 0.25) is 0 Å². The fraction of sp³-hybridized carbons (Fsp3) is 0.667. The Bertz CT molecular complexity index is 119. The monoisotopic (exact) mass is 140 g/mol. The van der Waals surface area contributed by atoms with Crippen LogP contribution in [-0.2, 0) is 4.79 Å². The van der Waals surface area contributed by atoms with Gasteiger partial charge in [-0.15, -0.1) is 0 Å². The van der Waals surface area contributed by atoms with Crippen molar-refractivity contribution >= 4 is 13.7 Å². The molecule has 0 aliphatic heterocycles. The molecule has 0 radical (unpaired) electrons. The van der Waals surface area contributed by atoms with Gasteiger partial charge in [-0.1, -0.05) is 0 Å². The lowest BCUT2D eigenvalue weighted by molar-refractivity contribution is -0.114. The van der Waals surface area contributed by atoms with E-state index in [4.69, 9.17) is 16.1 Å². The van der Waals surface area contributed by atoms with Gasteiger partial charge in [-0.05, 0) is 6.92 Å². The van der Waals surface area contributed by atoms with Crippen LogP contribution >= 0.6 is 7.94 Å². The molecule has 5 heteroatoms. The third kappa shape index (κ3) is 5.98. The minimum Gasteiger partial charge on any atom is -0.296 e. The molecular formula is C3H8O4P+. The van der Waals surface area contributed by atoms with Gasteiger partial charge in [0.25, 0.3) is 0 Å².